The van der Waals surface area contributed by atoms with Crippen molar-refractivity contribution in [2.24, 2.45) is 0 Å². The molecule has 0 aliphatic heterocycles. The van der Waals surface area contributed by atoms with Gasteiger partial charge in [0.2, 0.25) is 0 Å². The first-order chi connectivity index (χ1) is 13.1. The van der Waals surface area contributed by atoms with Crippen LogP contribution >= 0.6 is 11.3 Å². The lowest BCUT2D eigenvalue weighted by Crippen LogP contribution is -2.28. The number of aromatic amines is 1. The largest absolute Gasteiger partial charge is 0.333 e. The van der Waals surface area contributed by atoms with Crippen molar-refractivity contribution in [2.75, 3.05) is 7.05 Å². The average molecular weight is 380 g/mol. The first-order valence-electron chi connectivity index (χ1n) is 8.26. The minimum atomic E-state index is -0.289. The number of thiophene rings is 1. The van der Waals surface area contributed by atoms with Gasteiger partial charge >= 0.3 is 0 Å². The minimum absolute atomic E-state index is 0.172. The molecule has 0 spiro atoms. The molecule has 27 heavy (non-hydrogen) atoms. The Morgan fingerprint density at radius 2 is 2.07 bits per heavy atom. The molecule has 3 aromatic heterocycles. The smallest absolute Gasteiger partial charge is 0.276 e. The Morgan fingerprint density at radius 3 is 2.89 bits per heavy atom. The van der Waals surface area contributed by atoms with Crippen molar-refractivity contribution in [3.8, 4) is 0 Å². The lowest BCUT2D eigenvalue weighted by atomic mass is 10.2. The standard InChI is InChI=1S/C18H16N6O2S/c1-23(11-15-19-13-7-8-27-16(13)17(25)20-15)18(26)14-10-24(22-21-14)9-12-5-3-2-4-6-12/h2-8,10H,9,11H2,1H3,(H,19,20,25). The highest BCUT2D eigenvalue weighted by molar-refractivity contribution is 7.17. The van der Waals surface area contributed by atoms with Gasteiger partial charge in [-0.05, 0) is 17.0 Å². The van der Waals surface area contributed by atoms with Crippen LogP contribution in [0.1, 0.15) is 21.9 Å². The summed E-state index contributed by atoms with van der Waals surface area (Å²) in [6.45, 7) is 0.708. The maximum atomic E-state index is 12.6. The van der Waals surface area contributed by atoms with E-state index in [0.29, 0.717) is 22.6 Å². The molecule has 8 nitrogen and oxygen atoms in total. The van der Waals surface area contributed by atoms with Gasteiger partial charge in [-0.2, -0.15) is 0 Å². The van der Waals surface area contributed by atoms with Gasteiger partial charge in [0.1, 0.15) is 10.5 Å². The summed E-state index contributed by atoms with van der Waals surface area (Å²) < 4.78 is 2.20. The molecule has 0 aliphatic carbocycles. The third-order valence-electron chi connectivity index (χ3n) is 4.04. The van der Waals surface area contributed by atoms with Crippen molar-refractivity contribution in [1.82, 2.24) is 29.9 Å². The number of aromatic nitrogens is 5. The monoisotopic (exact) mass is 380 g/mol. The topological polar surface area (TPSA) is 96.8 Å². The number of rotatable bonds is 5. The number of nitrogens with one attached hydrogen (secondary N) is 1. The van der Waals surface area contributed by atoms with Gasteiger partial charge in [0.25, 0.3) is 11.5 Å². The molecule has 3 heterocycles. The zero-order valence-corrected chi connectivity index (χ0v) is 15.3. The van der Waals surface area contributed by atoms with E-state index in [2.05, 4.69) is 20.3 Å². The van der Waals surface area contributed by atoms with Crippen molar-refractivity contribution >= 4 is 27.5 Å². The van der Waals surface area contributed by atoms with Crippen LogP contribution in [0.4, 0.5) is 0 Å². The molecule has 0 saturated heterocycles. The molecular formula is C18H16N6O2S. The summed E-state index contributed by atoms with van der Waals surface area (Å²) in [5, 5.41) is 9.80. The van der Waals surface area contributed by atoms with Crippen LogP contribution < -0.4 is 5.56 Å². The van der Waals surface area contributed by atoms with E-state index in [9.17, 15) is 9.59 Å². The highest BCUT2D eigenvalue weighted by Crippen LogP contribution is 2.14. The molecule has 0 atom stereocenters. The molecule has 4 rings (SSSR count). The Morgan fingerprint density at radius 1 is 1.26 bits per heavy atom. The van der Waals surface area contributed by atoms with E-state index in [1.54, 1.807) is 24.0 Å². The van der Waals surface area contributed by atoms with Crippen LogP contribution in [-0.4, -0.2) is 42.8 Å². The number of amides is 1. The third kappa shape index (κ3) is 3.63. The van der Waals surface area contributed by atoms with E-state index in [-0.39, 0.29) is 23.7 Å². The van der Waals surface area contributed by atoms with Crippen molar-refractivity contribution in [3.63, 3.8) is 0 Å². The molecule has 9 heteroatoms. The molecule has 1 aromatic carbocycles. The second-order valence-corrected chi connectivity index (χ2v) is 7.01. The maximum absolute atomic E-state index is 12.6. The zero-order chi connectivity index (χ0) is 18.8. The second kappa shape index (κ2) is 7.12. The highest BCUT2D eigenvalue weighted by Gasteiger charge is 2.17. The van der Waals surface area contributed by atoms with Crippen molar-refractivity contribution in [3.05, 3.63) is 75.4 Å². The molecule has 0 bridgehead atoms. The molecule has 1 N–H and O–H groups in total. The molecule has 1 amide bonds. The number of carbonyl (C=O) groups is 1. The SMILES string of the molecule is CN(Cc1nc2ccsc2c(=O)[nH]1)C(=O)c1cn(Cc2ccccc2)nn1. The van der Waals surface area contributed by atoms with Gasteiger partial charge in [-0.25, -0.2) is 9.67 Å². The first kappa shape index (κ1) is 17.1. The Bertz CT molecular complexity index is 1150. The summed E-state index contributed by atoms with van der Waals surface area (Å²) in [5.74, 6) is 0.140. The summed E-state index contributed by atoms with van der Waals surface area (Å²) in [5.41, 5.74) is 1.75. The van der Waals surface area contributed by atoms with Crippen molar-refractivity contribution in [2.45, 2.75) is 13.1 Å². The number of carbonyl (C=O) groups excluding carboxylic acids is 1. The lowest BCUT2D eigenvalue weighted by molar-refractivity contribution is 0.0775. The average Bonchev–Trinajstić information content (AvgIpc) is 3.31. The predicted molar refractivity (Wildman–Crippen MR) is 102 cm³/mol. The van der Waals surface area contributed by atoms with Crippen molar-refractivity contribution < 1.29 is 4.79 Å². The zero-order valence-electron chi connectivity index (χ0n) is 14.5. The van der Waals surface area contributed by atoms with Crippen LogP contribution in [-0.2, 0) is 13.1 Å². The molecule has 0 fully saturated rings. The number of benzene rings is 1. The summed E-state index contributed by atoms with van der Waals surface area (Å²) in [4.78, 5) is 33.2. The van der Waals surface area contributed by atoms with Gasteiger partial charge in [-0.3, -0.25) is 9.59 Å². The van der Waals surface area contributed by atoms with Crippen LogP contribution in [0, 0.1) is 0 Å². The van der Waals surface area contributed by atoms with E-state index in [1.807, 2.05) is 35.7 Å². The fourth-order valence-corrected chi connectivity index (χ4v) is 3.46. The highest BCUT2D eigenvalue weighted by atomic mass is 32.1. The minimum Gasteiger partial charge on any atom is -0.333 e. The van der Waals surface area contributed by atoms with E-state index < -0.39 is 0 Å². The second-order valence-electron chi connectivity index (χ2n) is 6.10. The number of fused-ring (bicyclic) bond motifs is 1. The molecule has 0 aliphatic rings. The fourth-order valence-electron chi connectivity index (χ4n) is 2.73. The molecule has 0 unspecified atom stereocenters. The number of H-pyrrole nitrogens is 1. The Kier molecular flexibility index (Phi) is 4.51. The first-order valence-corrected chi connectivity index (χ1v) is 9.14. The summed E-state index contributed by atoms with van der Waals surface area (Å²) in [6, 6.07) is 11.6. The van der Waals surface area contributed by atoms with Gasteiger partial charge < -0.3 is 9.88 Å². The molecule has 0 radical (unpaired) electrons. The normalized spacial score (nSPS) is 11.0. The quantitative estimate of drug-likeness (QED) is 0.570. The Balaban J connectivity index is 1.48. The van der Waals surface area contributed by atoms with Gasteiger partial charge in [-0.1, -0.05) is 35.5 Å². The van der Waals surface area contributed by atoms with Crippen LogP contribution in [0.5, 0.6) is 0 Å². The molecule has 4 aromatic rings. The third-order valence-corrected chi connectivity index (χ3v) is 4.95. The van der Waals surface area contributed by atoms with Crippen LogP contribution in [0.3, 0.4) is 0 Å². The summed E-state index contributed by atoms with van der Waals surface area (Å²) in [6.07, 6.45) is 1.62. The van der Waals surface area contributed by atoms with Gasteiger partial charge in [-0.15, -0.1) is 16.4 Å². The number of hydrogen-bond donors (Lipinski definition) is 1. The van der Waals surface area contributed by atoms with Crippen LogP contribution in [0.25, 0.3) is 10.2 Å². The van der Waals surface area contributed by atoms with Crippen molar-refractivity contribution in [1.29, 1.82) is 0 Å². The van der Waals surface area contributed by atoms with Gasteiger partial charge in [0.05, 0.1) is 24.8 Å². The van der Waals surface area contributed by atoms with E-state index in [1.165, 1.54) is 16.2 Å². The Hall–Kier alpha value is -3.33. The van der Waals surface area contributed by atoms with Gasteiger partial charge in [0.15, 0.2) is 5.69 Å². The fraction of sp³-hybridized carbons (Fsp3) is 0.167. The molecular weight excluding hydrogens is 364 g/mol. The number of hydrogen-bond acceptors (Lipinski definition) is 6. The lowest BCUT2D eigenvalue weighted by Gasteiger charge is -2.14. The Labute approximate surface area is 158 Å². The molecule has 136 valence electrons. The number of nitrogens with zero attached hydrogens (tertiary/aromatic N) is 5. The van der Waals surface area contributed by atoms with E-state index >= 15 is 0 Å². The van der Waals surface area contributed by atoms with Crippen LogP contribution in [0.15, 0.2) is 52.8 Å². The van der Waals surface area contributed by atoms with Gasteiger partial charge in [0, 0.05) is 7.05 Å². The van der Waals surface area contributed by atoms with E-state index in [4.69, 9.17) is 0 Å². The van der Waals surface area contributed by atoms with Crippen LogP contribution in [0.2, 0.25) is 0 Å². The summed E-state index contributed by atoms with van der Waals surface area (Å²) in [7, 11) is 1.64. The summed E-state index contributed by atoms with van der Waals surface area (Å²) >= 11 is 1.34. The van der Waals surface area contributed by atoms with E-state index in [0.717, 1.165) is 5.56 Å². The predicted octanol–water partition coefficient (Wildman–Crippen LogP) is 1.90. The molecule has 0 saturated carbocycles. The maximum Gasteiger partial charge on any atom is 0.276 e.